The van der Waals surface area contributed by atoms with E-state index in [2.05, 4.69) is 9.97 Å². The van der Waals surface area contributed by atoms with Crippen molar-refractivity contribution in [2.24, 2.45) is 0 Å². The number of aromatic nitrogens is 2. The van der Waals surface area contributed by atoms with Gasteiger partial charge in [-0.15, -0.1) is 0 Å². The molecule has 96 valence electrons. The first-order chi connectivity index (χ1) is 12.7. The molecule has 0 atom stereocenters. The Morgan fingerprint density at radius 1 is 1.15 bits per heavy atom. The Morgan fingerprint density at radius 3 is 3.10 bits per heavy atom. The summed E-state index contributed by atoms with van der Waals surface area (Å²) in [5.41, 5.74) is 0.831. The molecule has 4 aromatic rings. The van der Waals surface area contributed by atoms with Crippen LogP contribution in [0.3, 0.4) is 0 Å². The summed E-state index contributed by atoms with van der Waals surface area (Å²) in [7, 11) is 0. The molecule has 0 amide bonds. The van der Waals surface area contributed by atoms with Gasteiger partial charge in [0.2, 0.25) is 5.71 Å². The van der Waals surface area contributed by atoms with Crippen LogP contribution in [-0.2, 0) is 0 Å². The Balaban J connectivity index is 2.04. The van der Waals surface area contributed by atoms with Gasteiger partial charge < -0.3 is 4.42 Å². The highest BCUT2D eigenvalue weighted by Crippen LogP contribution is 2.34. The molecule has 0 fully saturated rings. The van der Waals surface area contributed by atoms with E-state index >= 15 is 0 Å². The zero-order valence-electron chi connectivity index (χ0n) is 17.2. The highest BCUT2D eigenvalue weighted by molar-refractivity contribution is 6.08. The van der Waals surface area contributed by atoms with Gasteiger partial charge in [0.05, 0.1) is 11.2 Å². The molecule has 3 heterocycles. The van der Waals surface area contributed by atoms with Crippen molar-refractivity contribution >= 4 is 22.1 Å². The molecule has 0 N–H and O–H groups in total. The smallest absolute Gasteiger partial charge is 0.227 e. The summed E-state index contributed by atoms with van der Waals surface area (Å²) in [6.07, 6.45) is -0.401. The zero-order chi connectivity index (χ0) is 19.5. The van der Waals surface area contributed by atoms with E-state index in [0.717, 1.165) is 0 Å². The molecule has 4 rings (SSSR count). The summed E-state index contributed by atoms with van der Waals surface area (Å²) in [4.78, 5) is 8.07. The van der Waals surface area contributed by atoms with E-state index in [1.807, 2.05) is 0 Å². The van der Waals surface area contributed by atoms with Gasteiger partial charge in [0.15, 0.2) is 0 Å². The second-order valence-electron chi connectivity index (χ2n) is 4.28. The third kappa shape index (κ3) is 1.60. The minimum atomic E-state index is -2.36. The minimum Gasteiger partial charge on any atom is -0.437 e. The second-order valence-corrected chi connectivity index (χ2v) is 4.28. The van der Waals surface area contributed by atoms with Crippen LogP contribution in [0.5, 0.6) is 0 Å². The van der Waals surface area contributed by atoms with Crippen LogP contribution in [-0.4, -0.2) is 9.97 Å². The molecule has 0 spiro atoms. The van der Waals surface area contributed by atoms with E-state index in [1.54, 1.807) is 24.3 Å². The maximum absolute atomic E-state index is 8.11. The summed E-state index contributed by atoms with van der Waals surface area (Å²) in [5, 5.41) is 1.27. The quantitative estimate of drug-likeness (QED) is 0.514. The van der Waals surface area contributed by atoms with Gasteiger partial charge in [0.1, 0.15) is 5.58 Å². The monoisotopic (exact) mass is 267 g/mol. The number of hydrogen-bond acceptors (Lipinski definition) is 3. The highest BCUT2D eigenvalue weighted by Gasteiger charge is 2.13. The first-order valence-electron chi connectivity index (χ1n) is 9.46. The third-order valence-electron chi connectivity index (χ3n) is 3.09. The lowest BCUT2D eigenvalue weighted by Crippen LogP contribution is -1.81. The van der Waals surface area contributed by atoms with Crippen LogP contribution in [0.15, 0.2) is 59.0 Å². The molecule has 3 heteroatoms. The average Bonchev–Trinajstić information content (AvgIpc) is 3.00. The SMILES string of the molecule is [2H]c1nc(-c2cccc3c2oc2nc(C([2H])([2H])[2H])ccc23)c([2H])c([2H])c1[2H]. The average molecular weight is 267 g/mol. The topological polar surface area (TPSA) is 38.9 Å². The van der Waals surface area contributed by atoms with Crippen LogP contribution < -0.4 is 0 Å². The minimum absolute atomic E-state index is 0.0571. The first-order valence-corrected chi connectivity index (χ1v) is 5.96. The van der Waals surface area contributed by atoms with Crippen LogP contribution in [0.1, 0.15) is 15.3 Å². The number of benzene rings is 1. The summed E-state index contributed by atoms with van der Waals surface area (Å²) in [5.74, 6) is 0. The number of nitrogens with zero attached hydrogens (tertiary/aromatic N) is 2. The molecule has 0 unspecified atom stereocenters. The van der Waals surface area contributed by atoms with Crippen LogP contribution >= 0.6 is 0 Å². The van der Waals surface area contributed by atoms with Crippen molar-refractivity contribution in [2.45, 2.75) is 6.85 Å². The molecular weight excluding hydrogens is 248 g/mol. The molecule has 0 aliphatic heterocycles. The number of hydrogen-bond donors (Lipinski definition) is 0. The van der Waals surface area contributed by atoms with Gasteiger partial charge in [0.25, 0.3) is 0 Å². The number of fused-ring (bicyclic) bond motifs is 3. The standard InChI is InChI=1S/C17H12N2O/c1-11-8-9-13-12-5-4-6-14(15-7-2-3-10-18-15)16(12)20-17(13)19-11/h2-10H,1H3/i1D3,2D,3D,7D,10D. The molecule has 20 heavy (non-hydrogen) atoms. The largest absolute Gasteiger partial charge is 0.437 e. The highest BCUT2D eigenvalue weighted by atomic mass is 16.3. The lowest BCUT2D eigenvalue weighted by molar-refractivity contribution is 0.653. The molecule has 1 aromatic carbocycles. The number of aryl methyl sites for hydroxylation is 1. The number of pyridine rings is 2. The van der Waals surface area contributed by atoms with E-state index < -0.39 is 19.1 Å². The Hall–Kier alpha value is -2.68. The van der Waals surface area contributed by atoms with Crippen LogP contribution in [0, 0.1) is 6.85 Å². The predicted octanol–water partition coefficient (Wildman–Crippen LogP) is 4.35. The van der Waals surface area contributed by atoms with Gasteiger partial charge in [-0.2, -0.15) is 0 Å². The summed E-state index contributed by atoms with van der Waals surface area (Å²) in [6.45, 7) is -2.36. The van der Waals surface area contributed by atoms with Crippen molar-refractivity contribution < 1.29 is 14.0 Å². The molecule has 0 aliphatic rings. The molecule has 0 saturated carbocycles. The van der Waals surface area contributed by atoms with Crippen LogP contribution in [0.25, 0.3) is 33.3 Å². The lowest BCUT2D eigenvalue weighted by Gasteiger charge is -2.00. The molecule has 0 aliphatic carbocycles. The number of furan rings is 1. The van der Waals surface area contributed by atoms with E-state index in [-0.39, 0.29) is 29.2 Å². The Morgan fingerprint density at radius 2 is 2.15 bits per heavy atom. The van der Waals surface area contributed by atoms with Gasteiger partial charge >= 0.3 is 0 Å². The fourth-order valence-electron chi connectivity index (χ4n) is 2.22. The zero-order valence-corrected chi connectivity index (χ0v) is 10.2. The van der Waals surface area contributed by atoms with Crippen molar-refractivity contribution in [1.29, 1.82) is 0 Å². The molecule has 0 saturated heterocycles. The van der Waals surface area contributed by atoms with E-state index in [9.17, 15) is 0 Å². The Labute approximate surface area is 125 Å². The van der Waals surface area contributed by atoms with Crippen molar-refractivity contribution in [2.75, 3.05) is 0 Å². The van der Waals surface area contributed by atoms with Crippen molar-refractivity contribution in [3.05, 3.63) is 60.3 Å². The van der Waals surface area contributed by atoms with Crippen molar-refractivity contribution in [1.82, 2.24) is 9.97 Å². The van der Waals surface area contributed by atoms with E-state index in [0.29, 0.717) is 21.9 Å². The summed E-state index contributed by atoms with van der Waals surface area (Å²) < 4.78 is 59.6. The van der Waals surface area contributed by atoms with Crippen LogP contribution in [0.2, 0.25) is 0 Å². The van der Waals surface area contributed by atoms with Gasteiger partial charge in [-0.1, -0.05) is 18.2 Å². The lowest BCUT2D eigenvalue weighted by atomic mass is 10.1. The fourth-order valence-corrected chi connectivity index (χ4v) is 2.22. The molecule has 0 radical (unpaired) electrons. The third-order valence-corrected chi connectivity index (χ3v) is 3.09. The predicted molar refractivity (Wildman–Crippen MR) is 79.5 cm³/mol. The van der Waals surface area contributed by atoms with Crippen molar-refractivity contribution in [3.63, 3.8) is 0 Å². The van der Waals surface area contributed by atoms with E-state index in [1.165, 1.54) is 6.07 Å². The van der Waals surface area contributed by atoms with Gasteiger partial charge in [-0.05, 0) is 37.1 Å². The molecular formula is C17H12N2O. The van der Waals surface area contributed by atoms with Gasteiger partial charge in [0, 0.05) is 32.3 Å². The number of para-hydroxylation sites is 1. The normalized spacial score (nSPS) is 16.9. The first kappa shape index (κ1) is 6.18. The van der Waals surface area contributed by atoms with E-state index in [4.69, 9.17) is 14.0 Å². The molecule has 3 nitrogen and oxygen atoms in total. The Bertz CT molecular complexity index is 1210. The van der Waals surface area contributed by atoms with Crippen LogP contribution in [0.4, 0.5) is 0 Å². The summed E-state index contributed by atoms with van der Waals surface area (Å²) >= 11 is 0. The maximum atomic E-state index is 8.11. The second kappa shape index (κ2) is 4.17. The maximum Gasteiger partial charge on any atom is 0.227 e. The van der Waals surface area contributed by atoms with Gasteiger partial charge in [-0.25, -0.2) is 4.98 Å². The van der Waals surface area contributed by atoms with Crippen molar-refractivity contribution in [3.8, 4) is 11.3 Å². The molecule has 3 aromatic heterocycles. The molecule has 0 bridgehead atoms. The Kier molecular flexibility index (Phi) is 1.29. The van der Waals surface area contributed by atoms with Gasteiger partial charge in [-0.3, -0.25) is 4.98 Å². The summed E-state index contributed by atoms with van der Waals surface area (Å²) in [6, 6.07) is 7.08. The fraction of sp³-hybridized carbons (Fsp3) is 0.0588. The number of rotatable bonds is 1.